The van der Waals surface area contributed by atoms with Crippen LogP contribution in [0, 0.1) is 0 Å². The van der Waals surface area contributed by atoms with Crippen LogP contribution in [0.25, 0.3) is 0 Å². The largest absolute Gasteiger partial charge is 0.468 e. The number of methoxy groups -OCH3 is 2. The molecule has 0 saturated heterocycles. The molecule has 0 bridgehead atoms. The predicted octanol–water partition coefficient (Wildman–Crippen LogP) is 1.85. The van der Waals surface area contributed by atoms with E-state index in [9.17, 15) is 9.59 Å². The third-order valence-electron chi connectivity index (χ3n) is 2.01. The molecule has 0 unspecified atom stereocenters. The Kier molecular flexibility index (Phi) is 6.59. The summed E-state index contributed by atoms with van der Waals surface area (Å²) in [5.74, 6) is -0.616. The van der Waals surface area contributed by atoms with Crippen molar-refractivity contribution in [3.63, 3.8) is 0 Å². The summed E-state index contributed by atoms with van der Waals surface area (Å²) in [6, 6.07) is 0. The maximum absolute atomic E-state index is 11.3. The van der Waals surface area contributed by atoms with Crippen molar-refractivity contribution in [3.8, 4) is 0 Å². The quantitative estimate of drug-likeness (QED) is 0.580. The number of ether oxygens (including phenoxy) is 2. The van der Waals surface area contributed by atoms with Crippen LogP contribution in [0.3, 0.4) is 0 Å². The molecule has 0 N–H and O–H groups in total. The zero-order valence-electron chi connectivity index (χ0n) is 10.9. The molecular weight excluding hydrogens is 308 g/mol. The van der Waals surface area contributed by atoms with Crippen molar-refractivity contribution in [3.05, 3.63) is 0 Å². The van der Waals surface area contributed by atoms with Crippen LogP contribution in [-0.4, -0.2) is 46.9 Å². The van der Waals surface area contributed by atoms with Crippen LogP contribution in [0.1, 0.15) is 13.8 Å². The minimum Gasteiger partial charge on any atom is -0.468 e. The molecule has 2 atom stereocenters. The van der Waals surface area contributed by atoms with Gasteiger partial charge in [-0.15, -0.1) is 10.2 Å². The van der Waals surface area contributed by atoms with Gasteiger partial charge in [-0.25, -0.2) is 0 Å². The molecule has 9 heteroatoms. The van der Waals surface area contributed by atoms with Crippen LogP contribution in [0.15, 0.2) is 8.68 Å². The smallest absolute Gasteiger partial charge is 0.318 e. The summed E-state index contributed by atoms with van der Waals surface area (Å²) in [4.78, 5) is 22.6. The first-order chi connectivity index (χ1) is 8.97. The number of rotatable bonds is 6. The van der Waals surface area contributed by atoms with Crippen molar-refractivity contribution in [2.45, 2.75) is 33.0 Å². The van der Waals surface area contributed by atoms with Crippen molar-refractivity contribution in [1.82, 2.24) is 10.2 Å². The molecule has 19 heavy (non-hydrogen) atoms. The van der Waals surface area contributed by atoms with Crippen molar-refractivity contribution < 1.29 is 19.1 Å². The zero-order chi connectivity index (χ0) is 14.4. The molecule has 1 rings (SSSR count). The second kappa shape index (κ2) is 7.71. The fourth-order valence-electron chi connectivity index (χ4n) is 1.02. The Labute approximate surface area is 123 Å². The van der Waals surface area contributed by atoms with E-state index in [1.165, 1.54) is 49.1 Å². The van der Waals surface area contributed by atoms with E-state index in [2.05, 4.69) is 19.7 Å². The second-order valence-electron chi connectivity index (χ2n) is 3.40. The first-order valence-electron chi connectivity index (χ1n) is 5.30. The van der Waals surface area contributed by atoms with Crippen LogP contribution in [0.2, 0.25) is 0 Å². The molecular formula is C10H14N2O4S3. The first-order valence-corrected chi connectivity index (χ1v) is 7.88. The molecule has 6 nitrogen and oxygen atoms in total. The van der Waals surface area contributed by atoms with Gasteiger partial charge < -0.3 is 9.47 Å². The number of nitrogens with zero attached hydrogens (tertiary/aromatic N) is 2. The van der Waals surface area contributed by atoms with E-state index < -0.39 is 0 Å². The lowest BCUT2D eigenvalue weighted by molar-refractivity contribution is -0.140. The van der Waals surface area contributed by atoms with Gasteiger partial charge in [-0.3, -0.25) is 9.59 Å². The van der Waals surface area contributed by atoms with Crippen LogP contribution in [-0.2, 0) is 19.1 Å². The van der Waals surface area contributed by atoms with Gasteiger partial charge >= 0.3 is 11.9 Å². The van der Waals surface area contributed by atoms with Crippen molar-refractivity contribution >= 4 is 46.8 Å². The summed E-state index contributed by atoms with van der Waals surface area (Å²) < 4.78 is 10.6. The molecule has 1 aromatic heterocycles. The van der Waals surface area contributed by atoms with Gasteiger partial charge in [-0.2, -0.15) is 0 Å². The third kappa shape index (κ3) is 5.00. The number of carbonyl (C=O) groups excluding carboxylic acids is 2. The van der Waals surface area contributed by atoms with E-state index in [0.717, 1.165) is 0 Å². The Morgan fingerprint density at radius 1 is 1.00 bits per heavy atom. The first kappa shape index (κ1) is 16.3. The maximum Gasteiger partial charge on any atom is 0.318 e. The van der Waals surface area contributed by atoms with Gasteiger partial charge in [0, 0.05) is 0 Å². The highest BCUT2D eigenvalue weighted by Gasteiger charge is 2.20. The van der Waals surface area contributed by atoms with Gasteiger partial charge in [-0.1, -0.05) is 34.9 Å². The zero-order valence-corrected chi connectivity index (χ0v) is 13.4. The van der Waals surface area contributed by atoms with Crippen LogP contribution in [0.4, 0.5) is 0 Å². The van der Waals surface area contributed by atoms with Gasteiger partial charge in [-0.05, 0) is 13.8 Å². The minimum absolute atomic E-state index is 0.308. The normalized spacial score (nSPS) is 13.7. The Hall–Kier alpha value is -0.800. The summed E-state index contributed by atoms with van der Waals surface area (Å²) >= 11 is 3.89. The van der Waals surface area contributed by atoms with E-state index >= 15 is 0 Å². The van der Waals surface area contributed by atoms with Gasteiger partial charge in [0.1, 0.15) is 10.5 Å². The lowest BCUT2D eigenvalue weighted by atomic mass is 10.5. The molecule has 0 aliphatic rings. The molecule has 0 aliphatic carbocycles. The average Bonchev–Trinajstić information content (AvgIpc) is 2.83. The van der Waals surface area contributed by atoms with Crippen molar-refractivity contribution in [1.29, 1.82) is 0 Å². The standard InChI is InChI=1S/C10H14N2O4S3/c1-5(7(13)15-3)17-9-11-12-10(19-9)18-6(2)8(14)16-4/h5-6H,1-4H3/t5-,6-/m1/s1. The lowest BCUT2D eigenvalue weighted by Crippen LogP contribution is -2.14. The summed E-state index contributed by atoms with van der Waals surface area (Å²) in [5.41, 5.74) is 0. The summed E-state index contributed by atoms with van der Waals surface area (Å²) in [5, 5.41) is 7.25. The Morgan fingerprint density at radius 2 is 1.37 bits per heavy atom. The van der Waals surface area contributed by atoms with Crippen LogP contribution in [0.5, 0.6) is 0 Å². The highest BCUT2D eigenvalue weighted by atomic mass is 32.2. The van der Waals surface area contributed by atoms with E-state index in [0.29, 0.717) is 8.68 Å². The number of hydrogen-bond donors (Lipinski definition) is 0. The number of thioether (sulfide) groups is 2. The number of esters is 2. The predicted molar refractivity (Wildman–Crippen MR) is 74.6 cm³/mol. The Bertz CT molecular complexity index is 413. The van der Waals surface area contributed by atoms with Crippen LogP contribution >= 0.6 is 34.9 Å². The molecule has 1 heterocycles. The molecule has 0 aromatic carbocycles. The van der Waals surface area contributed by atoms with Gasteiger partial charge in [0.15, 0.2) is 8.68 Å². The molecule has 0 amide bonds. The van der Waals surface area contributed by atoms with Crippen LogP contribution < -0.4 is 0 Å². The highest BCUT2D eigenvalue weighted by Crippen LogP contribution is 2.33. The third-order valence-corrected chi connectivity index (χ3v) is 5.26. The molecule has 0 fully saturated rings. The minimum atomic E-state index is -0.339. The monoisotopic (exact) mass is 322 g/mol. The SMILES string of the molecule is COC(=O)[C@@H](C)Sc1nnc(S[C@H](C)C(=O)OC)s1. The summed E-state index contributed by atoms with van der Waals surface area (Å²) in [7, 11) is 2.69. The van der Waals surface area contributed by atoms with E-state index in [4.69, 9.17) is 0 Å². The number of aromatic nitrogens is 2. The fourth-order valence-corrected chi connectivity index (χ4v) is 4.38. The van der Waals surface area contributed by atoms with Crippen molar-refractivity contribution in [2.75, 3.05) is 14.2 Å². The van der Waals surface area contributed by atoms with Crippen molar-refractivity contribution in [2.24, 2.45) is 0 Å². The van der Waals surface area contributed by atoms with Gasteiger partial charge in [0.05, 0.1) is 14.2 Å². The average molecular weight is 322 g/mol. The summed E-state index contributed by atoms with van der Waals surface area (Å²) in [6.07, 6.45) is 0. The molecule has 1 aromatic rings. The Balaban J connectivity index is 2.57. The van der Waals surface area contributed by atoms with E-state index in [1.54, 1.807) is 13.8 Å². The molecule has 0 spiro atoms. The molecule has 0 saturated carbocycles. The highest BCUT2D eigenvalue weighted by molar-refractivity contribution is 8.04. The van der Waals surface area contributed by atoms with Gasteiger partial charge in [0.25, 0.3) is 0 Å². The second-order valence-corrected chi connectivity index (χ2v) is 7.55. The van der Waals surface area contributed by atoms with Gasteiger partial charge in [0.2, 0.25) is 0 Å². The molecule has 106 valence electrons. The lowest BCUT2D eigenvalue weighted by Gasteiger charge is -2.05. The summed E-state index contributed by atoms with van der Waals surface area (Å²) in [6.45, 7) is 3.48. The molecule has 0 radical (unpaired) electrons. The Morgan fingerprint density at radius 3 is 1.68 bits per heavy atom. The van der Waals surface area contributed by atoms with E-state index in [1.807, 2.05) is 0 Å². The fraction of sp³-hybridized carbons (Fsp3) is 0.600. The van der Waals surface area contributed by atoms with E-state index in [-0.39, 0.29) is 22.4 Å². The maximum atomic E-state index is 11.3. The topological polar surface area (TPSA) is 78.4 Å². The number of carbonyl (C=O) groups is 2. The number of hydrogen-bond acceptors (Lipinski definition) is 9. The molecule has 0 aliphatic heterocycles.